The van der Waals surface area contributed by atoms with Gasteiger partial charge in [0.1, 0.15) is 17.9 Å². The van der Waals surface area contributed by atoms with Crippen molar-refractivity contribution in [2.45, 2.75) is 97.7 Å². The number of carbonyl (C=O) groups is 2. The highest BCUT2D eigenvalue weighted by Gasteiger charge is 2.57. The van der Waals surface area contributed by atoms with Crippen molar-refractivity contribution in [1.29, 1.82) is 0 Å². The number of nitrogens with one attached hydrogen (secondary N) is 2. The van der Waals surface area contributed by atoms with Gasteiger partial charge in [0.25, 0.3) is 5.91 Å². The molecule has 0 radical (unpaired) electrons. The third-order valence-electron chi connectivity index (χ3n) is 13.0. The van der Waals surface area contributed by atoms with Crippen LogP contribution in [0.4, 0.5) is 5.69 Å². The molecule has 2 amide bonds. The van der Waals surface area contributed by atoms with E-state index in [1.807, 2.05) is 93.4 Å². The summed E-state index contributed by atoms with van der Waals surface area (Å²) in [4.78, 5) is 45.5. The first kappa shape index (κ1) is 45.2. The van der Waals surface area contributed by atoms with Gasteiger partial charge in [-0.1, -0.05) is 52.8 Å². The average Bonchev–Trinajstić information content (AvgIpc) is 3.53. The number of nitrogens with zero attached hydrogens (tertiary/aromatic N) is 5. The van der Waals surface area contributed by atoms with Gasteiger partial charge in [-0.25, -0.2) is 0 Å². The van der Waals surface area contributed by atoms with E-state index in [-0.39, 0.29) is 42.5 Å². The van der Waals surface area contributed by atoms with Crippen molar-refractivity contribution >= 4 is 23.5 Å². The van der Waals surface area contributed by atoms with E-state index in [1.165, 1.54) is 6.42 Å². The highest BCUT2D eigenvalue weighted by atomic mass is 16.7. The number of carbonyl (C=O) groups excluding carboxylic acids is 2. The van der Waals surface area contributed by atoms with Gasteiger partial charge in [-0.2, -0.15) is 5.06 Å². The van der Waals surface area contributed by atoms with E-state index in [1.54, 1.807) is 19.1 Å². The van der Waals surface area contributed by atoms with Crippen molar-refractivity contribution in [2.24, 2.45) is 40.0 Å². The van der Waals surface area contributed by atoms with Gasteiger partial charge in [-0.05, 0) is 79.0 Å². The Morgan fingerprint density at radius 1 is 1.05 bits per heavy atom. The first-order valence-electron chi connectivity index (χ1n) is 21.0. The summed E-state index contributed by atoms with van der Waals surface area (Å²) in [7, 11) is 13.3. The number of aliphatic hydroxyl groups excluding tert-OH is 2. The third-order valence-corrected chi connectivity index (χ3v) is 13.0. The lowest BCUT2D eigenvalue weighted by molar-refractivity contribution is -0.183. The number of rotatable bonds is 15. The highest BCUT2D eigenvalue weighted by Crippen LogP contribution is 2.61. The molecule has 322 valence electrons. The van der Waals surface area contributed by atoms with Crippen LogP contribution in [0.15, 0.2) is 41.4 Å². The fraction of sp³-hybridized carbons (Fsp3) is 0.667. The molecule has 1 saturated heterocycles. The minimum absolute atomic E-state index is 0.0316. The quantitative estimate of drug-likeness (QED) is 0.148. The Morgan fingerprint density at radius 3 is 2.29 bits per heavy atom. The zero-order chi connectivity index (χ0) is 42.8. The molecule has 0 aromatic heterocycles. The second-order valence-corrected chi connectivity index (χ2v) is 18.6. The molecule has 4 fully saturated rings. The van der Waals surface area contributed by atoms with Crippen LogP contribution >= 0.6 is 0 Å². The lowest BCUT2D eigenvalue weighted by Gasteiger charge is -2.62. The summed E-state index contributed by atoms with van der Waals surface area (Å²) in [6.45, 7) is 13.1. The van der Waals surface area contributed by atoms with Gasteiger partial charge in [0.05, 0.1) is 32.9 Å². The van der Waals surface area contributed by atoms with Crippen molar-refractivity contribution < 1.29 is 29.4 Å². The number of hydroxylamine groups is 2. The number of guanidine groups is 1. The van der Waals surface area contributed by atoms with Crippen LogP contribution in [-0.2, 0) is 16.2 Å². The van der Waals surface area contributed by atoms with E-state index in [0.29, 0.717) is 41.5 Å². The smallest absolute Gasteiger partial charge is 0.251 e. The van der Waals surface area contributed by atoms with E-state index >= 15 is 0 Å². The molecular weight excluding hydrogens is 735 g/mol. The summed E-state index contributed by atoms with van der Waals surface area (Å²) >= 11 is 0. The van der Waals surface area contributed by atoms with Crippen LogP contribution in [0.5, 0.6) is 5.75 Å². The predicted octanol–water partition coefficient (Wildman–Crippen LogP) is 4.71. The Balaban J connectivity index is 1.44. The first-order valence-corrected chi connectivity index (χ1v) is 21.0. The van der Waals surface area contributed by atoms with Gasteiger partial charge < -0.3 is 40.3 Å². The molecule has 9 atom stereocenters. The van der Waals surface area contributed by atoms with Gasteiger partial charge >= 0.3 is 0 Å². The van der Waals surface area contributed by atoms with Gasteiger partial charge in [0.2, 0.25) is 5.91 Å². The second-order valence-electron chi connectivity index (χ2n) is 18.6. The predicted molar refractivity (Wildman–Crippen MR) is 231 cm³/mol. The summed E-state index contributed by atoms with van der Waals surface area (Å²) < 4.78 is 6.12. The summed E-state index contributed by atoms with van der Waals surface area (Å²) in [5, 5.41) is 29.6. The van der Waals surface area contributed by atoms with Crippen molar-refractivity contribution in [2.75, 3.05) is 67.4 Å². The Kier molecular flexibility index (Phi) is 14.5. The van der Waals surface area contributed by atoms with Crippen LogP contribution in [0.25, 0.3) is 11.1 Å². The minimum Gasteiger partial charge on any atom is -0.496 e. The lowest BCUT2D eigenvalue weighted by atomic mass is 9.45. The number of aliphatic imine (C=N–C) groups is 1. The molecule has 4 aliphatic rings. The monoisotopic (exact) mass is 806 g/mol. The zero-order valence-electron chi connectivity index (χ0n) is 37.2. The van der Waals surface area contributed by atoms with Crippen LogP contribution in [0, 0.1) is 35.0 Å². The van der Waals surface area contributed by atoms with Gasteiger partial charge in [0.15, 0.2) is 5.96 Å². The molecule has 3 saturated carbocycles. The molecule has 2 aromatic carbocycles. The maximum absolute atomic E-state index is 14.3. The molecule has 2 bridgehead atoms. The van der Waals surface area contributed by atoms with Crippen LogP contribution in [0.2, 0.25) is 0 Å². The number of hydrogen-bond acceptors (Lipinski definition) is 9. The molecule has 13 nitrogen and oxygen atoms in total. The Bertz CT molecular complexity index is 1770. The minimum atomic E-state index is -0.907. The normalized spacial score (nSPS) is 26.0. The van der Waals surface area contributed by atoms with E-state index < -0.39 is 24.2 Å². The number of anilines is 1. The largest absolute Gasteiger partial charge is 0.496 e. The molecule has 58 heavy (non-hydrogen) atoms. The van der Waals surface area contributed by atoms with Crippen molar-refractivity contribution in [3.05, 3.63) is 47.5 Å². The number of methoxy groups -OCH3 is 1. The van der Waals surface area contributed by atoms with Crippen molar-refractivity contribution in [3.8, 4) is 16.9 Å². The number of benzene rings is 2. The molecule has 1 heterocycles. The molecule has 6 rings (SSSR count). The Morgan fingerprint density at radius 2 is 1.74 bits per heavy atom. The standard InChI is InChI=1S/C45H71N7O6/c1-26(2)17-33(23-46-44(50(9)10)51(11)12)47-42(55)31-18-30(19-34(20-31)49(7)8)35-16-14-15-29(41(35)57-13)24-52-40(39(28(4)54)38(25-53)58-52)43(56)48-37-22-32-21-36(27(37)3)45(32,5)6/h14-16,18-20,26-28,32-33,36-40,53-54H,17,21-25H2,1-13H3,(H,47,55)(H,48,56)/t27-,28-,32+,33+,36-,37-,38-,39-,40-/m0/s1. The maximum Gasteiger partial charge on any atom is 0.251 e. The number of aliphatic hydroxyl groups is 2. The highest BCUT2D eigenvalue weighted by molar-refractivity contribution is 5.97. The van der Waals surface area contributed by atoms with Gasteiger partial charge in [0, 0.05) is 82.7 Å². The molecule has 3 aliphatic carbocycles. The number of amides is 2. The fourth-order valence-corrected chi connectivity index (χ4v) is 9.88. The topological polar surface area (TPSA) is 142 Å². The SMILES string of the molecule is COc1c(CN2O[C@@H](CO)[C@H]([C@H](C)O)[C@H]2C(=O)N[C@H]2C[C@H]3C[C@@H]([C@@H]2C)C3(C)C)cccc1-c1cc(C(=O)N[C@@H](CN=C(N(C)C)N(C)C)CC(C)C)cc(N(C)C)c1. The van der Waals surface area contributed by atoms with Crippen LogP contribution in [-0.4, -0.2) is 136 Å². The van der Waals surface area contributed by atoms with Gasteiger partial charge in [-0.15, -0.1) is 0 Å². The molecule has 0 spiro atoms. The van der Waals surface area contributed by atoms with Crippen LogP contribution in [0.3, 0.4) is 0 Å². The summed E-state index contributed by atoms with van der Waals surface area (Å²) in [6.07, 6.45) is 1.22. The molecule has 0 unspecified atom stereocenters. The number of hydrogen-bond donors (Lipinski definition) is 4. The Labute approximate surface area is 347 Å². The van der Waals surface area contributed by atoms with E-state index in [9.17, 15) is 19.8 Å². The molecular formula is C45H71N7O6. The van der Waals surface area contributed by atoms with Gasteiger partial charge in [-0.3, -0.25) is 19.4 Å². The van der Waals surface area contributed by atoms with E-state index in [0.717, 1.165) is 41.2 Å². The first-order chi connectivity index (χ1) is 27.3. The summed E-state index contributed by atoms with van der Waals surface area (Å²) in [5.74, 6) is 2.15. The van der Waals surface area contributed by atoms with E-state index in [2.05, 4.69) is 45.3 Å². The summed E-state index contributed by atoms with van der Waals surface area (Å²) in [6, 6.07) is 10.6. The third kappa shape index (κ3) is 9.59. The number of para-hydroxylation sites is 1. The molecule has 4 N–H and O–H groups in total. The Hall–Kier alpha value is -3.91. The maximum atomic E-state index is 14.3. The van der Waals surface area contributed by atoms with Crippen molar-refractivity contribution in [3.63, 3.8) is 0 Å². The van der Waals surface area contributed by atoms with Crippen molar-refractivity contribution in [1.82, 2.24) is 25.5 Å². The molecule has 2 aromatic rings. The van der Waals surface area contributed by atoms with Crippen LogP contribution < -0.4 is 20.3 Å². The lowest BCUT2D eigenvalue weighted by Crippen LogP contribution is -2.62. The summed E-state index contributed by atoms with van der Waals surface area (Å²) in [5.41, 5.74) is 3.94. The molecule has 13 heteroatoms. The zero-order valence-corrected chi connectivity index (χ0v) is 37.2. The second kappa shape index (κ2) is 18.6. The fourth-order valence-electron chi connectivity index (χ4n) is 9.88. The van der Waals surface area contributed by atoms with Crippen LogP contribution in [0.1, 0.15) is 76.7 Å². The van der Waals surface area contributed by atoms with E-state index in [4.69, 9.17) is 14.6 Å². The number of fused-ring (bicyclic) bond motifs is 2. The number of ether oxygens (including phenoxy) is 1. The molecule has 1 aliphatic heterocycles. The average molecular weight is 806 g/mol.